The van der Waals surface area contributed by atoms with Gasteiger partial charge in [-0.15, -0.1) is 0 Å². The SMILES string of the molecule is COc1ccccc1NC(=O)COC(=O)c1c2c(nc3ccccc13)/C(=C\c1ccc(OC)c(OC)c1)CC2. The summed E-state index contributed by atoms with van der Waals surface area (Å²) in [5.74, 6) is 0.774. The van der Waals surface area contributed by atoms with E-state index < -0.39 is 18.5 Å². The average Bonchev–Trinajstić information content (AvgIpc) is 3.36. The van der Waals surface area contributed by atoms with Crippen LogP contribution in [0.1, 0.15) is 33.6 Å². The fraction of sp³-hybridized carbons (Fsp3) is 0.194. The van der Waals surface area contributed by atoms with E-state index in [-0.39, 0.29) is 0 Å². The van der Waals surface area contributed by atoms with Crippen molar-refractivity contribution in [2.75, 3.05) is 33.3 Å². The van der Waals surface area contributed by atoms with Crippen LogP contribution in [0.4, 0.5) is 5.69 Å². The van der Waals surface area contributed by atoms with Gasteiger partial charge in [0.1, 0.15) is 5.75 Å². The number of hydrogen-bond acceptors (Lipinski definition) is 7. The van der Waals surface area contributed by atoms with E-state index in [1.807, 2.05) is 48.5 Å². The van der Waals surface area contributed by atoms with Gasteiger partial charge < -0.3 is 24.3 Å². The van der Waals surface area contributed by atoms with Crippen molar-refractivity contribution in [3.63, 3.8) is 0 Å². The molecule has 0 unspecified atom stereocenters. The van der Waals surface area contributed by atoms with Gasteiger partial charge in [-0.2, -0.15) is 0 Å². The molecule has 0 radical (unpaired) electrons. The van der Waals surface area contributed by atoms with Crippen molar-refractivity contribution in [1.29, 1.82) is 0 Å². The number of pyridine rings is 1. The number of amides is 1. The second-order valence-corrected chi connectivity index (χ2v) is 8.94. The summed E-state index contributed by atoms with van der Waals surface area (Å²) in [4.78, 5) is 30.9. The van der Waals surface area contributed by atoms with Gasteiger partial charge >= 0.3 is 5.97 Å². The first-order valence-corrected chi connectivity index (χ1v) is 12.5. The number of aromatic nitrogens is 1. The molecule has 4 aromatic rings. The van der Waals surface area contributed by atoms with E-state index in [9.17, 15) is 9.59 Å². The van der Waals surface area contributed by atoms with Gasteiger partial charge in [0.15, 0.2) is 18.1 Å². The number of fused-ring (bicyclic) bond motifs is 2. The molecule has 8 nitrogen and oxygen atoms in total. The van der Waals surface area contributed by atoms with Crippen LogP contribution in [0.3, 0.4) is 0 Å². The number of carbonyl (C=O) groups excluding carboxylic acids is 2. The smallest absolute Gasteiger partial charge is 0.339 e. The Hall–Kier alpha value is -4.85. The minimum absolute atomic E-state index is 0.434. The van der Waals surface area contributed by atoms with Crippen molar-refractivity contribution in [2.24, 2.45) is 0 Å². The molecule has 0 saturated heterocycles. The van der Waals surface area contributed by atoms with Crippen LogP contribution >= 0.6 is 0 Å². The summed E-state index contributed by atoms with van der Waals surface area (Å²) in [5, 5.41) is 3.42. The first kappa shape index (κ1) is 25.8. The third kappa shape index (κ3) is 5.27. The zero-order valence-electron chi connectivity index (χ0n) is 21.9. The van der Waals surface area contributed by atoms with E-state index in [4.69, 9.17) is 23.9 Å². The molecule has 0 atom stereocenters. The number of para-hydroxylation sites is 3. The molecular formula is C31H28N2O6. The van der Waals surface area contributed by atoms with Crippen molar-refractivity contribution in [1.82, 2.24) is 4.98 Å². The van der Waals surface area contributed by atoms with Crippen molar-refractivity contribution in [3.8, 4) is 17.2 Å². The Morgan fingerprint density at radius 2 is 1.62 bits per heavy atom. The summed E-state index contributed by atoms with van der Waals surface area (Å²) in [5.41, 5.74) is 5.14. The predicted octanol–water partition coefficient (Wildman–Crippen LogP) is 5.54. The number of methoxy groups -OCH3 is 3. The number of esters is 1. The Labute approximate surface area is 226 Å². The first-order chi connectivity index (χ1) is 19.0. The minimum atomic E-state index is -0.563. The Balaban J connectivity index is 1.44. The van der Waals surface area contributed by atoms with Gasteiger partial charge in [0.2, 0.25) is 0 Å². The van der Waals surface area contributed by atoms with Gasteiger partial charge in [-0.25, -0.2) is 9.78 Å². The molecule has 3 aromatic carbocycles. The summed E-state index contributed by atoms with van der Waals surface area (Å²) in [7, 11) is 4.72. The monoisotopic (exact) mass is 524 g/mol. The molecule has 1 aromatic heterocycles. The van der Waals surface area contributed by atoms with Crippen LogP contribution in [0.25, 0.3) is 22.6 Å². The highest BCUT2D eigenvalue weighted by molar-refractivity contribution is 6.08. The number of nitrogens with zero attached hydrogens (tertiary/aromatic N) is 1. The van der Waals surface area contributed by atoms with Crippen LogP contribution in [0, 0.1) is 0 Å². The largest absolute Gasteiger partial charge is 0.495 e. The molecule has 39 heavy (non-hydrogen) atoms. The number of ether oxygens (including phenoxy) is 4. The lowest BCUT2D eigenvalue weighted by atomic mass is 10.0. The maximum absolute atomic E-state index is 13.4. The van der Waals surface area contributed by atoms with Crippen LogP contribution in [0.15, 0.2) is 66.7 Å². The lowest BCUT2D eigenvalue weighted by molar-refractivity contribution is -0.119. The molecule has 1 aliphatic rings. The van der Waals surface area contributed by atoms with Crippen molar-refractivity contribution < 1.29 is 28.5 Å². The van der Waals surface area contributed by atoms with Crippen molar-refractivity contribution in [3.05, 3.63) is 89.1 Å². The van der Waals surface area contributed by atoms with Gasteiger partial charge in [0.05, 0.1) is 43.8 Å². The third-order valence-electron chi connectivity index (χ3n) is 6.61. The van der Waals surface area contributed by atoms with Crippen molar-refractivity contribution in [2.45, 2.75) is 12.8 Å². The van der Waals surface area contributed by atoms with Crippen LogP contribution < -0.4 is 19.5 Å². The molecule has 0 aliphatic heterocycles. The molecule has 0 bridgehead atoms. The standard InChI is InChI=1S/C31H28N2O6/c1-36-25-11-7-6-10-24(25)32-28(34)18-39-31(35)29-21-8-4-5-9-23(21)33-30-20(13-14-22(29)30)16-19-12-15-26(37-2)27(17-19)38-3/h4-12,15-17H,13-14,18H2,1-3H3,(H,32,34)/b20-16-. The quantitative estimate of drug-likeness (QED) is 0.302. The zero-order chi connectivity index (χ0) is 27.4. The lowest BCUT2D eigenvalue weighted by Crippen LogP contribution is -2.22. The number of allylic oxidation sites excluding steroid dienone is 1. The Kier molecular flexibility index (Phi) is 7.45. The van der Waals surface area contributed by atoms with E-state index in [2.05, 4.69) is 5.32 Å². The fourth-order valence-electron chi connectivity index (χ4n) is 4.79. The summed E-state index contributed by atoms with van der Waals surface area (Å²) in [6.07, 6.45) is 3.39. The number of benzene rings is 3. The maximum Gasteiger partial charge on any atom is 0.339 e. The van der Waals surface area contributed by atoms with Crippen LogP contribution in [-0.2, 0) is 16.0 Å². The minimum Gasteiger partial charge on any atom is -0.495 e. The van der Waals surface area contributed by atoms with Crippen LogP contribution in [0.2, 0.25) is 0 Å². The molecular weight excluding hydrogens is 496 g/mol. The van der Waals surface area contributed by atoms with E-state index in [1.54, 1.807) is 38.5 Å². The molecule has 0 fully saturated rings. The fourth-order valence-corrected chi connectivity index (χ4v) is 4.79. The van der Waals surface area contributed by atoms with E-state index >= 15 is 0 Å². The van der Waals surface area contributed by atoms with Crippen molar-refractivity contribution >= 4 is 40.1 Å². The highest BCUT2D eigenvalue weighted by Gasteiger charge is 2.28. The zero-order valence-corrected chi connectivity index (χ0v) is 21.9. The van der Waals surface area contributed by atoms with Gasteiger partial charge in [-0.05, 0) is 65.9 Å². The van der Waals surface area contributed by atoms with Gasteiger partial charge in [-0.1, -0.05) is 36.4 Å². The van der Waals surface area contributed by atoms with Crippen LogP contribution in [-0.4, -0.2) is 44.8 Å². The molecule has 1 N–H and O–H groups in total. The molecule has 1 amide bonds. The Morgan fingerprint density at radius 1 is 0.872 bits per heavy atom. The Morgan fingerprint density at radius 3 is 2.41 bits per heavy atom. The molecule has 1 aliphatic carbocycles. The Bertz CT molecular complexity index is 1590. The van der Waals surface area contributed by atoms with Crippen LogP contribution in [0.5, 0.6) is 17.2 Å². The molecule has 1 heterocycles. The molecule has 198 valence electrons. The van der Waals surface area contributed by atoms with Gasteiger partial charge in [0, 0.05) is 5.39 Å². The van der Waals surface area contributed by atoms with Gasteiger partial charge in [0.25, 0.3) is 5.91 Å². The highest BCUT2D eigenvalue weighted by atomic mass is 16.5. The molecule has 0 saturated carbocycles. The first-order valence-electron chi connectivity index (χ1n) is 12.5. The van der Waals surface area contributed by atoms with E-state index in [0.717, 1.165) is 22.4 Å². The number of hydrogen-bond donors (Lipinski definition) is 1. The topological polar surface area (TPSA) is 96.0 Å². The molecule has 5 rings (SSSR count). The summed E-state index contributed by atoms with van der Waals surface area (Å²) < 4.78 is 21.6. The predicted molar refractivity (Wildman–Crippen MR) is 149 cm³/mol. The summed E-state index contributed by atoms with van der Waals surface area (Å²) in [6, 6.07) is 20.2. The lowest BCUT2D eigenvalue weighted by Gasteiger charge is -2.13. The number of anilines is 1. The molecule has 0 spiro atoms. The second-order valence-electron chi connectivity index (χ2n) is 8.94. The van der Waals surface area contributed by atoms with E-state index in [1.165, 1.54) is 7.11 Å². The molecule has 8 heteroatoms. The number of nitrogens with one attached hydrogen (secondary N) is 1. The summed E-state index contributed by atoms with van der Waals surface area (Å²) >= 11 is 0. The average molecular weight is 525 g/mol. The maximum atomic E-state index is 13.4. The highest BCUT2D eigenvalue weighted by Crippen LogP contribution is 2.38. The second kappa shape index (κ2) is 11.3. The number of carbonyl (C=O) groups is 2. The summed E-state index contributed by atoms with van der Waals surface area (Å²) in [6.45, 7) is -0.434. The van der Waals surface area contributed by atoms with Gasteiger partial charge in [-0.3, -0.25) is 4.79 Å². The number of rotatable bonds is 8. The third-order valence-corrected chi connectivity index (χ3v) is 6.61. The normalized spacial score (nSPS) is 13.2. The van der Waals surface area contributed by atoms with E-state index in [0.29, 0.717) is 52.2 Å².